The topological polar surface area (TPSA) is 58.7 Å². The first kappa shape index (κ1) is 12.9. The molecule has 0 aliphatic carbocycles. The van der Waals surface area contributed by atoms with E-state index < -0.39 is 0 Å². The second-order valence-corrected chi connectivity index (χ2v) is 4.81. The van der Waals surface area contributed by atoms with Gasteiger partial charge in [-0.15, -0.1) is 0 Å². The molecule has 0 aromatic carbocycles. The van der Waals surface area contributed by atoms with E-state index in [-0.39, 0.29) is 18.1 Å². The minimum Gasteiger partial charge on any atom is -0.395 e. The number of rotatable bonds is 5. The molecule has 1 aliphatic heterocycles. The Balaban J connectivity index is 2.51. The highest BCUT2D eigenvalue weighted by Crippen LogP contribution is 2.28. The SMILES string of the molecule is CC(CO)N(C)CC1(CN)CCCOC1. The van der Waals surface area contributed by atoms with Gasteiger partial charge in [-0.3, -0.25) is 0 Å². The smallest absolute Gasteiger partial charge is 0.0584 e. The van der Waals surface area contributed by atoms with Crippen molar-refractivity contribution in [3.8, 4) is 0 Å². The van der Waals surface area contributed by atoms with Crippen LogP contribution in [0.4, 0.5) is 0 Å². The molecule has 15 heavy (non-hydrogen) atoms. The van der Waals surface area contributed by atoms with Gasteiger partial charge in [0.1, 0.15) is 0 Å². The monoisotopic (exact) mass is 216 g/mol. The Kier molecular flexibility index (Phi) is 4.99. The van der Waals surface area contributed by atoms with Crippen molar-refractivity contribution in [1.82, 2.24) is 4.90 Å². The molecule has 0 saturated carbocycles. The summed E-state index contributed by atoms with van der Waals surface area (Å²) in [7, 11) is 2.03. The summed E-state index contributed by atoms with van der Waals surface area (Å²) < 4.78 is 5.52. The van der Waals surface area contributed by atoms with Crippen LogP contribution < -0.4 is 5.73 Å². The van der Waals surface area contributed by atoms with Crippen LogP contribution in [-0.4, -0.2) is 56.0 Å². The zero-order valence-corrected chi connectivity index (χ0v) is 9.91. The number of nitrogens with two attached hydrogens (primary N) is 1. The fraction of sp³-hybridized carbons (Fsp3) is 1.00. The van der Waals surface area contributed by atoms with E-state index in [1.54, 1.807) is 0 Å². The fourth-order valence-electron chi connectivity index (χ4n) is 2.08. The summed E-state index contributed by atoms with van der Waals surface area (Å²) in [5, 5.41) is 9.09. The number of nitrogens with zero attached hydrogens (tertiary/aromatic N) is 1. The van der Waals surface area contributed by atoms with Crippen molar-refractivity contribution in [2.75, 3.05) is 40.0 Å². The van der Waals surface area contributed by atoms with Crippen molar-refractivity contribution in [1.29, 1.82) is 0 Å². The van der Waals surface area contributed by atoms with Crippen molar-refractivity contribution in [2.24, 2.45) is 11.1 Å². The third-order valence-electron chi connectivity index (χ3n) is 3.44. The lowest BCUT2D eigenvalue weighted by Gasteiger charge is -2.40. The van der Waals surface area contributed by atoms with E-state index in [4.69, 9.17) is 15.6 Å². The highest BCUT2D eigenvalue weighted by atomic mass is 16.5. The summed E-state index contributed by atoms with van der Waals surface area (Å²) >= 11 is 0. The number of hydrogen-bond acceptors (Lipinski definition) is 4. The minimum absolute atomic E-state index is 0.0937. The van der Waals surface area contributed by atoms with Crippen LogP contribution in [-0.2, 0) is 4.74 Å². The summed E-state index contributed by atoms with van der Waals surface area (Å²) in [6, 6.07) is 0.190. The van der Waals surface area contributed by atoms with E-state index in [0.29, 0.717) is 6.54 Å². The van der Waals surface area contributed by atoms with Crippen LogP contribution in [0.3, 0.4) is 0 Å². The first-order valence-electron chi connectivity index (χ1n) is 5.72. The van der Waals surface area contributed by atoms with Crippen molar-refractivity contribution in [3.63, 3.8) is 0 Å². The van der Waals surface area contributed by atoms with E-state index >= 15 is 0 Å². The molecule has 1 heterocycles. The van der Waals surface area contributed by atoms with Crippen molar-refractivity contribution in [3.05, 3.63) is 0 Å². The average molecular weight is 216 g/mol. The maximum Gasteiger partial charge on any atom is 0.0584 e. The molecule has 0 aromatic rings. The highest BCUT2D eigenvalue weighted by Gasteiger charge is 2.33. The van der Waals surface area contributed by atoms with Gasteiger partial charge in [0.05, 0.1) is 13.2 Å². The van der Waals surface area contributed by atoms with Crippen LogP contribution in [0.2, 0.25) is 0 Å². The number of ether oxygens (including phenoxy) is 1. The molecule has 0 radical (unpaired) electrons. The second kappa shape index (κ2) is 5.80. The van der Waals surface area contributed by atoms with E-state index in [9.17, 15) is 0 Å². The van der Waals surface area contributed by atoms with Gasteiger partial charge in [-0.25, -0.2) is 0 Å². The maximum absolute atomic E-state index is 9.09. The van der Waals surface area contributed by atoms with Crippen molar-refractivity contribution < 1.29 is 9.84 Å². The summed E-state index contributed by atoms with van der Waals surface area (Å²) in [6.07, 6.45) is 2.23. The second-order valence-electron chi connectivity index (χ2n) is 4.81. The van der Waals surface area contributed by atoms with Crippen LogP contribution in [0, 0.1) is 5.41 Å². The Morgan fingerprint density at radius 3 is 2.80 bits per heavy atom. The third-order valence-corrected chi connectivity index (χ3v) is 3.44. The highest BCUT2D eigenvalue weighted by molar-refractivity contribution is 4.86. The van der Waals surface area contributed by atoms with Crippen LogP contribution in [0.25, 0.3) is 0 Å². The molecular formula is C11H24N2O2. The molecule has 1 fully saturated rings. The van der Waals surface area contributed by atoms with Crippen molar-refractivity contribution in [2.45, 2.75) is 25.8 Å². The quantitative estimate of drug-likeness (QED) is 0.682. The molecule has 0 amide bonds. The van der Waals surface area contributed by atoms with E-state index in [0.717, 1.165) is 32.6 Å². The molecule has 0 aromatic heterocycles. The zero-order valence-electron chi connectivity index (χ0n) is 9.91. The van der Waals surface area contributed by atoms with Gasteiger partial charge in [0.15, 0.2) is 0 Å². The Labute approximate surface area is 92.4 Å². The Hall–Kier alpha value is -0.160. The van der Waals surface area contributed by atoms with E-state index in [1.165, 1.54) is 0 Å². The van der Waals surface area contributed by atoms with Gasteiger partial charge in [0, 0.05) is 31.2 Å². The maximum atomic E-state index is 9.09. The Bertz CT molecular complexity index is 181. The number of hydrogen-bond donors (Lipinski definition) is 2. The number of likely N-dealkylation sites (N-methyl/N-ethyl adjacent to an activating group) is 1. The summed E-state index contributed by atoms with van der Waals surface area (Å²) in [5.41, 5.74) is 5.95. The molecule has 3 N–H and O–H groups in total. The normalized spacial score (nSPS) is 29.4. The molecule has 1 saturated heterocycles. The summed E-state index contributed by atoms with van der Waals surface area (Å²) in [5.74, 6) is 0. The molecule has 0 bridgehead atoms. The summed E-state index contributed by atoms with van der Waals surface area (Å²) in [4.78, 5) is 2.17. The third kappa shape index (κ3) is 3.41. The van der Waals surface area contributed by atoms with Gasteiger partial charge in [0.2, 0.25) is 0 Å². The minimum atomic E-state index is 0.0937. The van der Waals surface area contributed by atoms with E-state index in [1.807, 2.05) is 14.0 Å². The lowest BCUT2D eigenvalue weighted by molar-refractivity contribution is -0.0261. The molecule has 90 valence electrons. The zero-order chi connectivity index (χ0) is 11.3. The Morgan fingerprint density at radius 1 is 1.60 bits per heavy atom. The van der Waals surface area contributed by atoms with Crippen LogP contribution in [0.15, 0.2) is 0 Å². The fourth-order valence-corrected chi connectivity index (χ4v) is 2.08. The predicted octanol–water partition coefficient (Wildman–Crippen LogP) is 0.0545. The van der Waals surface area contributed by atoms with Gasteiger partial charge < -0.3 is 20.5 Å². The lowest BCUT2D eigenvalue weighted by Crippen LogP contribution is -2.49. The number of aliphatic hydroxyl groups is 1. The molecule has 0 spiro atoms. The van der Waals surface area contributed by atoms with Gasteiger partial charge in [0.25, 0.3) is 0 Å². The first-order valence-corrected chi connectivity index (χ1v) is 5.72. The van der Waals surface area contributed by atoms with Crippen molar-refractivity contribution >= 4 is 0 Å². The standard InChI is InChI=1S/C11H24N2O2/c1-10(6-14)13(2)8-11(7-12)4-3-5-15-9-11/h10,14H,3-9,12H2,1-2H3. The van der Waals surface area contributed by atoms with Crippen LogP contribution in [0.1, 0.15) is 19.8 Å². The lowest BCUT2D eigenvalue weighted by atomic mass is 9.82. The Morgan fingerprint density at radius 2 is 2.33 bits per heavy atom. The predicted molar refractivity (Wildman–Crippen MR) is 60.7 cm³/mol. The molecule has 4 heteroatoms. The van der Waals surface area contributed by atoms with Gasteiger partial charge in [-0.2, -0.15) is 0 Å². The first-order chi connectivity index (χ1) is 7.13. The van der Waals surface area contributed by atoms with Gasteiger partial charge >= 0.3 is 0 Å². The summed E-state index contributed by atoms with van der Waals surface area (Å²) in [6.45, 7) is 5.40. The number of aliphatic hydroxyl groups excluding tert-OH is 1. The van der Waals surface area contributed by atoms with Crippen LogP contribution >= 0.6 is 0 Å². The van der Waals surface area contributed by atoms with Gasteiger partial charge in [-0.1, -0.05) is 0 Å². The largest absolute Gasteiger partial charge is 0.395 e. The van der Waals surface area contributed by atoms with E-state index in [2.05, 4.69) is 4.90 Å². The molecule has 2 atom stereocenters. The molecule has 4 nitrogen and oxygen atoms in total. The molecule has 2 unspecified atom stereocenters. The molecular weight excluding hydrogens is 192 g/mol. The van der Waals surface area contributed by atoms with Crippen LogP contribution in [0.5, 0.6) is 0 Å². The molecule has 1 aliphatic rings. The van der Waals surface area contributed by atoms with Gasteiger partial charge in [-0.05, 0) is 26.8 Å². The molecule has 1 rings (SSSR count). The average Bonchev–Trinajstić information content (AvgIpc) is 2.29.